The van der Waals surface area contributed by atoms with Crippen LogP contribution in [0, 0.1) is 5.82 Å². The van der Waals surface area contributed by atoms with Crippen molar-refractivity contribution >= 4 is 11.7 Å². The number of hydrogen-bond donors (Lipinski definition) is 1. The van der Waals surface area contributed by atoms with Gasteiger partial charge in [-0.15, -0.1) is 0 Å². The number of carbonyl (C=O) groups is 1. The van der Waals surface area contributed by atoms with Crippen LogP contribution >= 0.6 is 0 Å². The number of pyridine rings is 1. The Hall–Kier alpha value is -2.75. The minimum atomic E-state index is -0.941. The lowest BCUT2D eigenvalue weighted by atomic mass is 10.1. The predicted molar refractivity (Wildman–Crippen MR) is 112 cm³/mol. The van der Waals surface area contributed by atoms with Crippen LogP contribution in [-0.4, -0.2) is 73.1 Å². The Labute approximate surface area is 180 Å². The molecule has 2 aliphatic heterocycles. The lowest BCUT2D eigenvalue weighted by Crippen LogP contribution is -2.59. The minimum Gasteiger partial charge on any atom is -0.497 e. The van der Waals surface area contributed by atoms with Crippen molar-refractivity contribution in [3.8, 4) is 5.75 Å². The number of urea groups is 1. The van der Waals surface area contributed by atoms with E-state index in [4.69, 9.17) is 14.2 Å². The molecule has 8 nitrogen and oxygen atoms in total. The largest absolute Gasteiger partial charge is 0.497 e. The predicted octanol–water partition coefficient (Wildman–Crippen LogP) is 2.71. The van der Waals surface area contributed by atoms with E-state index in [1.54, 1.807) is 30.3 Å². The quantitative estimate of drug-likeness (QED) is 0.804. The van der Waals surface area contributed by atoms with Crippen molar-refractivity contribution in [3.05, 3.63) is 54.1 Å². The Kier molecular flexibility index (Phi) is 6.64. The van der Waals surface area contributed by atoms with E-state index in [0.717, 1.165) is 13.0 Å². The van der Waals surface area contributed by atoms with Crippen molar-refractivity contribution < 1.29 is 23.4 Å². The van der Waals surface area contributed by atoms with E-state index in [1.165, 1.54) is 6.20 Å². The van der Waals surface area contributed by atoms with Gasteiger partial charge in [0, 0.05) is 43.1 Å². The molecule has 1 N–H and O–H groups in total. The summed E-state index contributed by atoms with van der Waals surface area (Å²) in [6.45, 7) is 3.25. The van der Waals surface area contributed by atoms with E-state index in [9.17, 15) is 9.18 Å². The van der Waals surface area contributed by atoms with E-state index in [0.29, 0.717) is 49.8 Å². The first kappa shape index (κ1) is 21.5. The normalized spacial score (nSPS) is 22.2. The number of ether oxygens (including phenoxy) is 3. The maximum atomic E-state index is 14.1. The number of anilines is 1. The molecule has 1 unspecified atom stereocenters. The van der Waals surface area contributed by atoms with Gasteiger partial charge in [-0.05, 0) is 24.6 Å². The van der Waals surface area contributed by atoms with Gasteiger partial charge < -0.3 is 24.4 Å². The Morgan fingerprint density at radius 1 is 1.26 bits per heavy atom. The van der Waals surface area contributed by atoms with Gasteiger partial charge in [-0.25, -0.2) is 9.18 Å². The third kappa shape index (κ3) is 5.30. The second kappa shape index (κ2) is 9.59. The van der Waals surface area contributed by atoms with Crippen molar-refractivity contribution in [1.82, 2.24) is 14.8 Å². The number of morpholine rings is 1. The summed E-state index contributed by atoms with van der Waals surface area (Å²) in [6, 6.07) is 8.67. The summed E-state index contributed by atoms with van der Waals surface area (Å²) in [4.78, 5) is 20.5. The Morgan fingerprint density at radius 2 is 2.13 bits per heavy atom. The fourth-order valence-electron chi connectivity index (χ4n) is 3.94. The topological polar surface area (TPSA) is 76.2 Å². The van der Waals surface area contributed by atoms with Gasteiger partial charge in [-0.3, -0.25) is 9.88 Å². The number of carbonyl (C=O) groups excluding carboxylic acids is 1. The molecule has 2 fully saturated rings. The van der Waals surface area contributed by atoms with Crippen LogP contribution in [0.15, 0.2) is 42.7 Å². The molecule has 0 aliphatic carbocycles. The van der Waals surface area contributed by atoms with Gasteiger partial charge in [0.15, 0.2) is 5.79 Å². The first-order valence-corrected chi connectivity index (χ1v) is 10.4. The molecule has 2 amide bonds. The summed E-state index contributed by atoms with van der Waals surface area (Å²) >= 11 is 0. The molecular formula is C22H27FN4O4. The van der Waals surface area contributed by atoms with Crippen molar-refractivity contribution in [2.75, 3.05) is 51.8 Å². The number of rotatable bonds is 4. The molecule has 31 heavy (non-hydrogen) atoms. The standard InChI is InChI=1S/C22H27FN4O4/c1-29-19-5-2-4-18(12-19)25-21(28)27-9-11-31-22(16-27)15-26(8-3-10-30-22)14-17-6-7-24-13-20(17)23/h2,4-7,12-13H,3,8-11,14-16H2,1H3,(H,25,28). The highest BCUT2D eigenvalue weighted by atomic mass is 19.1. The lowest BCUT2D eigenvalue weighted by Gasteiger charge is -2.43. The van der Waals surface area contributed by atoms with Crippen LogP contribution in [0.5, 0.6) is 5.75 Å². The van der Waals surface area contributed by atoms with Gasteiger partial charge in [-0.1, -0.05) is 6.07 Å². The first-order chi connectivity index (χ1) is 15.1. The molecule has 2 aliphatic rings. The zero-order valence-corrected chi connectivity index (χ0v) is 17.6. The average molecular weight is 430 g/mol. The van der Waals surface area contributed by atoms with E-state index in [2.05, 4.69) is 15.2 Å². The summed E-state index contributed by atoms with van der Waals surface area (Å²) < 4.78 is 31.4. The number of methoxy groups -OCH3 is 1. The molecule has 1 atom stereocenters. The minimum absolute atomic E-state index is 0.226. The molecule has 166 valence electrons. The number of nitrogens with one attached hydrogen (secondary N) is 1. The number of amides is 2. The van der Waals surface area contributed by atoms with Gasteiger partial charge in [0.1, 0.15) is 11.6 Å². The first-order valence-electron chi connectivity index (χ1n) is 10.4. The summed E-state index contributed by atoms with van der Waals surface area (Å²) in [6.07, 6.45) is 3.61. The molecule has 2 aromatic rings. The molecule has 4 rings (SSSR count). The van der Waals surface area contributed by atoms with Crippen LogP contribution < -0.4 is 10.1 Å². The molecule has 0 radical (unpaired) electrons. The maximum absolute atomic E-state index is 14.1. The van der Waals surface area contributed by atoms with Gasteiger partial charge in [-0.2, -0.15) is 0 Å². The molecular weight excluding hydrogens is 403 g/mol. The van der Waals surface area contributed by atoms with Crippen molar-refractivity contribution in [2.45, 2.75) is 18.8 Å². The zero-order chi connectivity index (χ0) is 21.7. The Balaban J connectivity index is 1.43. The van der Waals surface area contributed by atoms with Crippen LogP contribution in [0.4, 0.5) is 14.9 Å². The van der Waals surface area contributed by atoms with Crippen LogP contribution in [-0.2, 0) is 16.0 Å². The highest BCUT2D eigenvalue weighted by molar-refractivity contribution is 5.89. The lowest BCUT2D eigenvalue weighted by molar-refractivity contribution is -0.260. The van der Waals surface area contributed by atoms with Crippen molar-refractivity contribution in [2.24, 2.45) is 0 Å². The second-order valence-electron chi connectivity index (χ2n) is 7.72. The SMILES string of the molecule is COc1cccc(NC(=O)N2CCOC3(CN(Cc4ccncc4F)CCCO3)C2)c1. The van der Waals surface area contributed by atoms with Gasteiger partial charge in [0.05, 0.1) is 39.6 Å². The summed E-state index contributed by atoms with van der Waals surface area (Å²) in [5.41, 5.74) is 1.23. The molecule has 1 aromatic carbocycles. The highest BCUT2D eigenvalue weighted by Crippen LogP contribution is 2.26. The fraction of sp³-hybridized carbons (Fsp3) is 0.455. The average Bonchev–Trinajstić information content (AvgIpc) is 2.97. The Morgan fingerprint density at radius 3 is 2.97 bits per heavy atom. The van der Waals surface area contributed by atoms with E-state index in [1.807, 2.05) is 18.2 Å². The maximum Gasteiger partial charge on any atom is 0.322 e. The van der Waals surface area contributed by atoms with Gasteiger partial charge >= 0.3 is 6.03 Å². The van der Waals surface area contributed by atoms with Gasteiger partial charge in [0.2, 0.25) is 0 Å². The van der Waals surface area contributed by atoms with Crippen LogP contribution in [0.1, 0.15) is 12.0 Å². The summed E-state index contributed by atoms with van der Waals surface area (Å²) in [7, 11) is 1.58. The van der Waals surface area contributed by atoms with Crippen LogP contribution in [0.2, 0.25) is 0 Å². The van der Waals surface area contributed by atoms with Crippen LogP contribution in [0.3, 0.4) is 0 Å². The van der Waals surface area contributed by atoms with Crippen LogP contribution in [0.25, 0.3) is 0 Å². The molecule has 3 heterocycles. The number of halogens is 1. The van der Waals surface area contributed by atoms with Crippen molar-refractivity contribution in [3.63, 3.8) is 0 Å². The molecule has 0 saturated carbocycles. The number of aromatic nitrogens is 1. The van der Waals surface area contributed by atoms with Crippen molar-refractivity contribution in [1.29, 1.82) is 0 Å². The Bertz CT molecular complexity index is 915. The highest BCUT2D eigenvalue weighted by Gasteiger charge is 2.42. The fourth-order valence-corrected chi connectivity index (χ4v) is 3.94. The monoisotopic (exact) mass is 430 g/mol. The number of benzene rings is 1. The number of nitrogens with zero attached hydrogens (tertiary/aromatic N) is 3. The molecule has 0 bridgehead atoms. The second-order valence-corrected chi connectivity index (χ2v) is 7.72. The molecule has 9 heteroatoms. The molecule has 1 aromatic heterocycles. The summed E-state index contributed by atoms with van der Waals surface area (Å²) in [5, 5.41) is 2.91. The van der Waals surface area contributed by atoms with E-state index < -0.39 is 5.79 Å². The van der Waals surface area contributed by atoms with Gasteiger partial charge in [0.25, 0.3) is 0 Å². The third-order valence-corrected chi connectivity index (χ3v) is 5.46. The molecule has 1 spiro atoms. The van der Waals surface area contributed by atoms with E-state index in [-0.39, 0.29) is 18.4 Å². The third-order valence-electron chi connectivity index (χ3n) is 5.46. The molecule has 2 saturated heterocycles. The number of hydrogen-bond acceptors (Lipinski definition) is 6. The zero-order valence-electron chi connectivity index (χ0n) is 17.6. The summed E-state index contributed by atoms with van der Waals surface area (Å²) in [5.74, 6) is -0.600. The van der Waals surface area contributed by atoms with E-state index >= 15 is 0 Å². The smallest absolute Gasteiger partial charge is 0.322 e.